The lowest BCUT2D eigenvalue weighted by Gasteiger charge is -2.35. The lowest BCUT2D eigenvalue weighted by atomic mass is 9.76. The molecule has 2 aromatic carbocycles. The zero-order chi connectivity index (χ0) is 22.1. The first-order valence-electron chi connectivity index (χ1n) is 10.9. The first-order chi connectivity index (χ1) is 15.0. The topological polar surface area (TPSA) is 54.5 Å². The number of esters is 1. The van der Waals surface area contributed by atoms with E-state index < -0.39 is 0 Å². The van der Waals surface area contributed by atoms with E-state index in [4.69, 9.17) is 11.3 Å². The minimum absolute atomic E-state index is 0.0393. The Morgan fingerprint density at radius 1 is 1.13 bits per heavy atom. The molecule has 4 nitrogen and oxygen atoms in total. The van der Waals surface area contributed by atoms with Gasteiger partial charge in [-0.3, -0.25) is 0 Å². The van der Waals surface area contributed by atoms with E-state index in [1.165, 1.54) is 6.42 Å². The SMILES string of the molecule is [C-]#[N+]C(C#N)=C1c2ccccc2-c2c(C(=O)O[C@@H]3C[C@H](C(C)C)CC[C@H]3C)cccc21. The molecule has 156 valence electrons. The van der Waals surface area contributed by atoms with E-state index in [0.29, 0.717) is 28.9 Å². The Labute approximate surface area is 184 Å². The van der Waals surface area contributed by atoms with E-state index in [-0.39, 0.29) is 17.8 Å². The summed E-state index contributed by atoms with van der Waals surface area (Å²) in [5.41, 5.74) is 4.34. The number of rotatable bonds is 3. The molecule has 0 bridgehead atoms. The van der Waals surface area contributed by atoms with Crippen LogP contribution in [0.1, 0.15) is 61.5 Å². The monoisotopic (exact) mass is 410 g/mol. The second-order valence-electron chi connectivity index (χ2n) is 8.96. The summed E-state index contributed by atoms with van der Waals surface area (Å²) in [7, 11) is 0. The van der Waals surface area contributed by atoms with Crippen molar-refractivity contribution in [2.75, 3.05) is 0 Å². The molecular formula is C27H26N2O2. The smallest absolute Gasteiger partial charge is 0.339 e. The van der Waals surface area contributed by atoms with Crippen molar-refractivity contribution in [1.82, 2.24) is 0 Å². The summed E-state index contributed by atoms with van der Waals surface area (Å²) < 4.78 is 6.08. The van der Waals surface area contributed by atoms with Crippen LogP contribution in [-0.2, 0) is 4.74 Å². The summed E-state index contributed by atoms with van der Waals surface area (Å²) in [6, 6.07) is 15.1. The third-order valence-corrected chi connectivity index (χ3v) is 6.84. The van der Waals surface area contributed by atoms with Crippen LogP contribution in [0.2, 0.25) is 0 Å². The van der Waals surface area contributed by atoms with Gasteiger partial charge in [0.25, 0.3) is 5.70 Å². The Hall–Kier alpha value is -3.37. The molecule has 0 aromatic heterocycles. The Morgan fingerprint density at radius 2 is 1.84 bits per heavy atom. The van der Waals surface area contributed by atoms with Crippen molar-refractivity contribution in [1.29, 1.82) is 5.26 Å². The van der Waals surface area contributed by atoms with Gasteiger partial charge in [0.15, 0.2) is 0 Å². The number of fused-ring (bicyclic) bond motifs is 3. The number of carbonyl (C=O) groups excluding carboxylic acids is 1. The maximum absolute atomic E-state index is 13.4. The molecule has 0 aliphatic heterocycles. The number of carbonyl (C=O) groups is 1. The number of benzene rings is 2. The lowest BCUT2D eigenvalue weighted by Crippen LogP contribution is -2.34. The van der Waals surface area contributed by atoms with Gasteiger partial charge in [0.2, 0.25) is 0 Å². The van der Waals surface area contributed by atoms with Gasteiger partial charge in [0.1, 0.15) is 6.10 Å². The normalized spacial score (nSPS) is 23.4. The molecule has 0 unspecified atom stereocenters. The third-order valence-electron chi connectivity index (χ3n) is 6.84. The van der Waals surface area contributed by atoms with Gasteiger partial charge in [-0.1, -0.05) is 57.2 Å². The summed E-state index contributed by atoms with van der Waals surface area (Å²) in [6.07, 6.45) is 3.06. The zero-order valence-corrected chi connectivity index (χ0v) is 18.2. The molecule has 0 heterocycles. The van der Waals surface area contributed by atoms with Crippen LogP contribution < -0.4 is 0 Å². The molecule has 1 fully saturated rings. The fourth-order valence-electron chi connectivity index (χ4n) is 4.96. The summed E-state index contributed by atoms with van der Waals surface area (Å²) in [6.45, 7) is 14.1. The van der Waals surface area contributed by atoms with Gasteiger partial charge >= 0.3 is 5.97 Å². The van der Waals surface area contributed by atoms with E-state index in [0.717, 1.165) is 35.1 Å². The van der Waals surface area contributed by atoms with E-state index in [1.807, 2.05) is 42.5 Å². The van der Waals surface area contributed by atoms with Crippen LogP contribution in [0.15, 0.2) is 48.2 Å². The van der Waals surface area contributed by atoms with Crippen molar-refractivity contribution in [3.05, 3.63) is 76.3 Å². The number of allylic oxidation sites excluding steroid dienone is 1. The molecule has 2 aromatic rings. The lowest BCUT2D eigenvalue weighted by molar-refractivity contribution is -0.00943. The average molecular weight is 411 g/mol. The van der Waals surface area contributed by atoms with Crippen molar-refractivity contribution >= 4 is 11.5 Å². The van der Waals surface area contributed by atoms with Crippen LogP contribution in [0.5, 0.6) is 0 Å². The molecule has 4 rings (SSSR count). The largest absolute Gasteiger partial charge is 0.458 e. The molecule has 1 saturated carbocycles. The van der Waals surface area contributed by atoms with Crippen LogP contribution in [0.3, 0.4) is 0 Å². The van der Waals surface area contributed by atoms with Gasteiger partial charge in [-0.05, 0) is 59.8 Å². The van der Waals surface area contributed by atoms with Crippen LogP contribution in [0.4, 0.5) is 0 Å². The fourth-order valence-corrected chi connectivity index (χ4v) is 4.96. The molecule has 0 amide bonds. The van der Waals surface area contributed by atoms with Gasteiger partial charge in [0, 0.05) is 11.1 Å². The highest BCUT2D eigenvalue weighted by atomic mass is 16.5. The number of ether oxygens (including phenoxy) is 1. The fraction of sp³-hybridized carbons (Fsp3) is 0.370. The summed E-state index contributed by atoms with van der Waals surface area (Å²) in [5, 5.41) is 9.52. The number of nitriles is 1. The van der Waals surface area contributed by atoms with Gasteiger partial charge in [0.05, 0.1) is 18.2 Å². The van der Waals surface area contributed by atoms with Crippen LogP contribution in [0.25, 0.3) is 21.5 Å². The van der Waals surface area contributed by atoms with Gasteiger partial charge in [-0.15, -0.1) is 0 Å². The van der Waals surface area contributed by atoms with Gasteiger partial charge in [-0.2, -0.15) is 0 Å². The molecule has 0 spiro atoms. The summed E-state index contributed by atoms with van der Waals surface area (Å²) in [5.74, 6) is 1.16. The highest BCUT2D eigenvalue weighted by Crippen LogP contribution is 2.47. The predicted octanol–water partition coefficient (Wildman–Crippen LogP) is 6.49. The van der Waals surface area contributed by atoms with E-state index in [2.05, 4.69) is 25.6 Å². The van der Waals surface area contributed by atoms with E-state index >= 15 is 0 Å². The Bertz CT molecular complexity index is 1130. The molecule has 2 aliphatic rings. The minimum Gasteiger partial charge on any atom is -0.458 e. The second kappa shape index (κ2) is 8.40. The molecule has 2 aliphatic carbocycles. The summed E-state index contributed by atoms with van der Waals surface area (Å²) >= 11 is 0. The van der Waals surface area contributed by atoms with Crippen LogP contribution in [-0.4, -0.2) is 12.1 Å². The van der Waals surface area contributed by atoms with E-state index in [9.17, 15) is 10.1 Å². The molecule has 0 saturated heterocycles. The number of hydrogen-bond acceptors (Lipinski definition) is 3. The average Bonchev–Trinajstić information content (AvgIpc) is 3.11. The van der Waals surface area contributed by atoms with E-state index in [1.54, 1.807) is 6.07 Å². The standard InChI is InChI=1S/C27H26N2O2/c1-16(2)18-13-12-17(3)24(14-18)31-27(30)22-11-7-10-21-25(22)19-8-5-6-9-20(19)26(21)23(15-28)29-4/h5-11,16-18,24H,12-14H2,1-3H3/t17-,18-,24-/m1/s1. The van der Waals surface area contributed by atoms with Crippen LogP contribution >= 0.6 is 0 Å². The first kappa shape index (κ1) is 20.9. The molecule has 4 heteroatoms. The van der Waals surface area contributed by atoms with Crippen molar-refractivity contribution in [2.24, 2.45) is 17.8 Å². The molecule has 0 N–H and O–H groups in total. The Balaban J connectivity index is 1.75. The van der Waals surface area contributed by atoms with Gasteiger partial charge < -0.3 is 4.74 Å². The Kier molecular flexibility index (Phi) is 5.66. The van der Waals surface area contributed by atoms with Crippen molar-refractivity contribution in [3.8, 4) is 17.2 Å². The first-order valence-corrected chi connectivity index (χ1v) is 10.9. The van der Waals surface area contributed by atoms with Gasteiger partial charge in [-0.25, -0.2) is 14.9 Å². The minimum atomic E-state index is -0.324. The maximum Gasteiger partial charge on any atom is 0.339 e. The highest BCUT2D eigenvalue weighted by Gasteiger charge is 2.34. The molecule has 0 radical (unpaired) electrons. The van der Waals surface area contributed by atoms with Crippen molar-refractivity contribution in [3.63, 3.8) is 0 Å². The van der Waals surface area contributed by atoms with Crippen LogP contribution in [0, 0.1) is 35.7 Å². The molecular weight excluding hydrogens is 384 g/mol. The maximum atomic E-state index is 13.4. The molecule has 3 atom stereocenters. The van der Waals surface area contributed by atoms with Crippen molar-refractivity contribution < 1.29 is 9.53 Å². The third kappa shape index (κ3) is 3.64. The predicted molar refractivity (Wildman–Crippen MR) is 121 cm³/mol. The summed E-state index contributed by atoms with van der Waals surface area (Å²) in [4.78, 5) is 16.8. The number of nitrogens with zero attached hydrogens (tertiary/aromatic N) is 2. The second-order valence-corrected chi connectivity index (χ2v) is 8.96. The quantitative estimate of drug-likeness (QED) is 0.282. The number of hydrogen-bond donors (Lipinski definition) is 0. The Morgan fingerprint density at radius 3 is 2.52 bits per heavy atom. The van der Waals surface area contributed by atoms with Crippen molar-refractivity contribution in [2.45, 2.75) is 46.1 Å². The zero-order valence-electron chi connectivity index (χ0n) is 18.2. The highest BCUT2D eigenvalue weighted by molar-refractivity contribution is 6.10. The molecule has 31 heavy (non-hydrogen) atoms.